The minimum absolute atomic E-state index is 0.221. The molecule has 5 heteroatoms. The number of carboxylic acids is 1. The van der Waals surface area contributed by atoms with Crippen molar-refractivity contribution in [2.75, 3.05) is 0 Å². The van der Waals surface area contributed by atoms with Gasteiger partial charge in [0.2, 0.25) is 0 Å². The van der Waals surface area contributed by atoms with E-state index >= 15 is 0 Å². The van der Waals surface area contributed by atoms with E-state index in [1.165, 1.54) is 26.0 Å². The maximum atomic E-state index is 13.4. The second kappa shape index (κ2) is 4.33. The van der Waals surface area contributed by atoms with Gasteiger partial charge in [-0.2, -0.15) is 0 Å². The van der Waals surface area contributed by atoms with Crippen molar-refractivity contribution < 1.29 is 19.1 Å². The molecule has 0 atom stereocenters. The Morgan fingerprint density at radius 1 is 1.38 bits per heavy atom. The summed E-state index contributed by atoms with van der Waals surface area (Å²) in [6, 6.07) is 3.84. The number of hydrogen-bond acceptors (Lipinski definition) is 2. The molecule has 0 aliphatic carbocycles. The van der Waals surface area contributed by atoms with Crippen LogP contribution in [0.3, 0.4) is 0 Å². The van der Waals surface area contributed by atoms with E-state index in [0.717, 1.165) is 6.07 Å². The molecule has 1 N–H and O–H groups in total. The zero-order chi connectivity index (χ0) is 12.5. The van der Waals surface area contributed by atoms with Gasteiger partial charge in [0.05, 0.1) is 5.56 Å². The summed E-state index contributed by atoms with van der Waals surface area (Å²) >= 11 is 3.10. The van der Waals surface area contributed by atoms with E-state index in [2.05, 4.69) is 15.9 Å². The molecule has 16 heavy (non-hydrogen) atoms. The van der Waals surface area contributed by atoms with Gasteiger partial charge in [-0.3, -0.25) is 9.59 Å². The SMILES string of the molecule is CC(C)(C(=O)O)C(=O)c1cc(Br)ccc1F. The largest absolute Gasteiger partial charge is 0.481 e. The first-order valence-corrected chi connectivity index (χ1v) is 5.29. The zero-order valence-corrected chi connectivity index (χ0v) is 10.3. The Morgan fingerprint density at radius 3 is 2.44 bits per heavy atom. The summed E-state index contributed by atoms with van der Waals surface area (Å²) in [5, 5.41) is 8.88. The monoisotopic (exact) mass is 288 g/mol. The summed E-state index contributed by atoms with van der Waals surface area (Å²) in [4.78, 5) is 22.7. The van der Waals surface area contributed by atoms with Crippen LogP contribution < -0.4 is 0 Å². The van der Waals surface area contributed by atoms with E-state index < -0.39 is 23.0 Å². The number of rotatable bonds is 3. The Kier molecular flexibility index (Phi) is 3.48. The first-order chi connectivity index (χ1) is 7.26. The van der Waals surface area contributed by atoms with Crippen molar-refractivity contribution in [3.8, 4) is 0 Å². The van der Waals surface area contributed by atoms with Gasteiger partial charge in [-0.05, 0) is 32.0 Å². The minimum Gasteiger partial charge on any atom is -0.481 e. The number of carbonyl (C=O) groups is 2. The third-order valence-electron chi connectivity index (χ3n) is 2.28. The number of halogens is 2. The van der Waals surface area contributed by atoms with Gasteiger partial charge in [0.1, 0.15) is 11.2 Å². The van der Waals surface area contributed by atoms with Gasteiger partial charge < -0.3 is 5.11 Å². The molecule has 0 spiro atoms. The van der Waals surface area contributed by atoms with E-state index in [0.29, 0.717) is 4.47 Å². The third-order valence-corrected chi connectivity index (χ3v) is 2.77. The highest BCUT2D eigenvalue weighted by molar-refractivity contribution is 9.10. The Morgan fingerprint density at radius 2 is 1.94 bits per heavy atom. The highest BCUT2D eigenvalue weighted by Crippen LogP contribution is 2.25. The average Bonchev–Trinajstić information content (AvgIpc) is 2.20. The second-order valence-electron chi connectivity index (χ2n) is 3.88. The fraction of sp³-hybridized carbons (Fsp3) is 0.273. The van der Waals surface area contributed by atoms with E-state index in [-0.39, 0.29) is 5.56 Å². The lowest BCUT2D eigenvalue weighted by molar-refractivity contribution is -0.144. The summed E-state index contributed by atoms with van der Waals surface area (Å²) in [6.45, 7) is 2.50. The molecular formula is C11H10BrFO3. The molecule has 0 aromatic heterocycles. The Balaban J connectivity index is 3.25. The predicted molar refractivity (Wildman–Crippen MR) is 59.8 cm³/mol. The number of aliphatic carboxylic acids is 1. The fourth-order valence-electron chi connectivity index (χ4n) is 1.11. The highest BCUT2D eigenvalue weighted by Gasteiger charge is 2.37. The van der Waals surface area contributed by atoms with Crippen LogP contribution >= 0.6 is 15.9 Å². The molecule has 0 aliphatic heterocycles. The molecule has 0 amide bonds. The number of carbonyl (C=O) groups excluding carboxylic acids is 1. The summed E-state index contributed by atoms with van der Waals surface area (Å²) in [5.74, 6) is -2.75. The van der Waals surface area contributed by atoms with Crippen LogP contribution in [0.5, 0.6) is 0 Å². The van der Waals surface area contributed by atoms with Crippen LogP contribution in [-0.2, 0) is 4.79 Å². The van der Waals surface area contributed by atoms with Gasteiger partial charge in [0.25, 0.3) is 0 Å². The smallest absolute Gasteiger partial charge is 0.316 e. The van der Waals surface area contributed by atoms with Gasteiger partial charge in [-0.25, -0.2) is 4.39 Å². The van der Waals surface area contributed by atoms with Crippen molar-refractivity contribution in [2.24, 2.45) is 5.41 Å². The molecule has 0 aliphatic rings. The number of hydrogen-bond donors (Lipinski definition) is 1. The molecule has 1 aromatic rings. The van der Waals surface area contributed by atoms with Crippen LogP contribution in [0.4, 0.5) is 4.39 Å². The molecule has 0 fully saturated rings. The van der Waals surface area contributed by atoms with Crippen LogP contribution in [0.1, 0.15) is 24.2 Å². The number of carboxylic acid groups (broad SMARTS) is 1. The van der Waals surface area contributed by atoms with Gasteiger partial charge >= 0.3 is 5.97 Å². The number of Topliss-reactive ketones (excluding diaryl/α,β-unsaturated/α-hetero) is 1. The zero-order valence-electron chi connectivity index (χ0n) is 8.75. The van der Waals surface area contributed by atoms with E-state index in [4.69, 9.17) is 5.11 Å². The molecule has 86 valence electrons. The van der Waals surface area contributed by atoms with Gasteiger partial charge in [0.15, 0.2) is 5.78 Å². The molecule has 0 saturated heterocycles. The van der Waals surface area contributed by atoms with E-state index in [1.807, 2.05) is 0 Å². The summed E-state index contributed by atoms with van der Waals surface area (Å²) in [6.07, 6.45) is 0. The molecule has 0 radical (unpaired) electrons. The van der Waals surface area contributed by atoms with Crippen molar-refractivity contribution in [1.29, 1.82) is 0 Å². The maximum absolute atomic E-state index is 13.4. The Bertz CT molecular complexity index is 455. The normalized spacial score (nSPS) is 11.2. The lowest BCUT2D eigenvalue weighted by Gasteiger charge is -2.17. The lowest BCUT2D eigenvalue weighted by atomic mass is 9.84. The maximum Gasteiger partial charge on any atom is 0.316 e. The van der Waals surface area contributed by atoms with Crippen molar-refractivity contribution in [3.05, 3.63) is 34.1 Å². The molecule has 0 heterocycles. The number of ketones is 1. The summed E-state index contributed by atoms with van der Waals surface area (Å²) in [7, 11) is 0. The summed E-state index contributed by atoms with van der Waals surface area (Å²) < 4.78 is 13.9. The molecule has 0 unspecified atom stereocenters. The van der Waals surface area contributed by atoms with E-state index in [1.54, 1.807) is 0 Å². The van der Waals surface area contributed by atoms with Gasteiger partial charge in [-0.15, -0.1) is 0 Å². The lowest BCUT2D eigenvalue weighted by Crippen LogP contribution is -2.33. The first kappa shape index (κ1) is 12.8. The van der Waals surface area contributed by atoms with Crippen LogP contribution in [0, 0.1) is 11.2 Å². The van der Waals surface area contributed by atoms with Crippen molar-refractivity contribution >= 4 is 27.7 Å². The summed E-state index contributed by atoms with van der Waals surface area (Å²) in [5.41, 5.74) is -1.86. The van der Waals surface area contributed by atoms with Crippen molar-refractivity contribution in [2.45, 2.75) is 13.8 Å². The van der Waals surface area contributed by atoms with Gasteiger partial charge in [-0.1, -0.05) is 15.9 Å². The first-order valence-electron chi connectivity index (χ1n) is 4.50. The number of benzene rings is 1. The minimum atomic E-state index is -1.64. The predicted octanol–water partition coefficient (Wildman–Crippen LogP) is 2.88. The molecule has 1 aromatic carbocycles. The standard InChI is InChI=1S/C11H10BrFO3/c1-11(2,10(15)16)9(14)7-5-6(12)3-4-8(7)13/h3-5H,1-2H3,(H,15,16). The molecule has 3 nitrogen and oxygen atoms in total. The second-order valence-corrected chi connectivity index (χ2v) is 4.80. The highest BCUT2D eigenvalue weighted by atomic mass is 79.9. The van der Waals surface area contributed by atoms with Crippen LogP contribution in [0.15, 0.2) is 22.7 Å². The Hall–Kier alpha value is -1.23. The van der Waals surface area contributed by atoms with Crippen LogP contribution in [0.2, 0.25) is 0 Å². The van der Waals surface area contributed by atoms with Crippen LogP contribution in [0.25, 0.3) is 0 Å². The fourth-order valence-corrected chi connectivity index (χ4v) is 1.47. The van der Waals surface area contributed by atoms with Crippen molar-refractivity contribution in [1.82, 2.24) is 0 Å². The molecular weight excluding hydrogens is 279 g/mol. The molecule has 0 bridgehead atoms. The van der Waals surface area contributed by atoms with Crippen LogP contribution in [-0.4, -0.2) is 16.9 Å². The molecule has 0 saturated carbocycles. The molecule has 1 rings (SSSR count). The van der Waals surface area contributed by atoms with Gasteiger partial charge in [0, 0.05) is 4.47 Å². The average molecular weight is 289 g/mol. The topological polar surface area (TPSA) is 54.4 Å². The third kappa shape index (κ3) is 2.29. The quantitative estimate of drug-likeness (QED) is 0.687. The Labute approximate surface area is 100 Å². The van der Waals surface area contributed by atoms with Crippen molar-refractivity contribution in [3.63, 3.8) is 0 Å². The van der Waals surface area contributed by atoms with E-state index in [9.17, 15) is 14.0 Å².